The molecule has 0 amide bonds. The molecule has 0 saturated heterocycles. The van der Waals surface area contributed by atoms with Crippen molar-refractivity contribution in [2.24, 2.45) is 5.73 Å². The number of rotatable bonds is 5. The third kappa shape index (κ3) is 3.62. The topological polar surface area (TPSA) is 35.2 Å². The summed E-state index contributed by atoms with van der Waals surface area (Å²) in [6, 6.07) is 8.19. The number of ether oxygens (including phenoxy) is 1. The van der Waals surface area contributed by atoms with Gasteiger partial charge in [-0.15, -0.1) is 0 Å². The van der Waals surface area contributed by atoms with Gasteiger partial charge in [0.25, 0.3) is 0 Å². The Hall–Kier alpha value is -1.28. The fourth-order valence-electron chi connectivity index (χ4n) is 1.29. The minimum atomic E-state index is 0.185. The van der Waals surface area contributed by atoms with E-state index in [2.05, 4.69) is 12.6 Å². The van der Waals surface area contributed by atoms with Crippen molar-refractivity contribution >= 4 is 0 Å². The lowest BCUT2D eigenvalue weighted by atomic mass is 10.1. The van der Waals surface area contributed by atoms with Gasteiger partial charge in [-0.3, -0.25) is 0 Å². The van der Waals surface area contributed by atoms with Crippen molar-refractivity contribution < 1.29 is 4.74 Å². The molecule has 1 aromatic rings. The molecule has 1 rings (SSSR count). The minimum absolute atomic E-state index is 0.185. The van der Waals surface area contributed by atoms with Crippen LogP contribution >= 0.6 is 0 Å². The zero-order valence-corrected chi connectivity index (χ0v) is 8.57. The van der Waals surface area contributed by atoms with Crippen LogP contribution in [0.5, 0.6) is 5.75 Å². The number of benzene rings is 1. The first kappa shape index (κ1) is 10.8. The highest BCUT2D eigenvalue weighted by molar-refractivity contribution is 5.29. The average Bonchev–Trinajstić information content (AvgIpc) is 2.14. The molecule has 76 valence electrons. The molecule has 0 aliphatic heterocycles. The lowest BCUT2D eigenvalue weighted by molar-refractivity contribution is 0.363. The average molecular weight is 191 g/mol. The van der Waals surface area contributed by atoms with E-state index in [4.69, 9.17) is 10.5 Å². The fraction of sp³-hybridized carbons (Fsp3) is 0.333. The molecule has 2 N–H and O–H groups in total. The SMILES string of the molecule is C=CCOc1cccc(CC(C)N)c1. The van der Waals surface area contributed by atoms with E-state index in [1.807, 2.05) is 25.1 Å². The summed E-state index contributed by atoms with van der Waals surface area (Å²) in [6.07, 6.45) is 2.61. The molecule has 1 aromatic carbocycles. The van der Waals surface area contributed by atoms with Gasteiger partial charge in [-0.2, -0.15) is 0 Å². The van der Waals surface area contributed by atoms with Gasteiger partial charge in [0.15, 0.2) is 0 Å². The lowest BCUT2D eigenvalue weighted by Crippen LogP contribution is -2.17. The third-order valence-corrected chi connectivity index (χ3v) is 1.82. The largest absolute Gasteiger partial charge is 0.490 e. The van der Waals surface area contributed by atoms with E-state index in [1.165, 1.54) is 5.56 Å². The summed E-state index contributed by atoms with van der Waals surface area (Å²) in [6.45, 7) is 6.14. The van der Waals surface area contributed by atoms with Crippen LogP contribution in [0.15, 0.2) is 36.9 Å². The Morgan fingerprint density at radius 2 is 2.36 bits per heavy atom. The van der Waals surface area contributed by atoms with Gasteiger partial charge in [0.05, 0.1) is 0 Å². The minimum Gasteiger partial charge on any atom is -0.490 e. The van der Waals surface area contributed by atoms with Crippen LogP contribution in [0.1, 0.15) is 12.5 Å². The molecule has 1 unspecified atom stereocenters. The summed E-state index contributed by atoms with van der Waals surface area (Å²) < 4.78 is 5.42. The van der Waals surface area contributed by atoms with Crippen molar-refractivity contribution in [2.45, 2.75) is 19.4 Å². The van der Waals surface area contributed by atoms with Gasteiger partial charge in [-0.05, 0) is 31.0 Å². The summed E-state index contributed by atoms with van der Waals surface area (Å²) in [5.41, 5.74) is 6.93. The third-order valence-electron chi connectivity index (χ3n) is 1.82. The molecule has 0 aromatic heterocycles. The molecule has 1 atom stereocenters. The molecule has 0 aliphatic rings. The van der Waals surface area contributed by atoms with Gasteiger partial charge in [-0.1, -0.05) is 24.8 Å². The van der Waals surface area contributed by atoms with Gasteiger partial charge < -0.3 is 10.5 Å². The Morgan fingerprint density at radius 3 is 3.00 bits per heavy atom. The Morgan fingerprint density at radius 1 is 1.57 bits per heavy atom. The van der Waals surface area contributed by atoms with Crippen LogP contribution in [0.25, 0.3) is 0 Å². The summed E-state index contributed by atoms with van der Waals surface area (Å²) in [4.78, 5) is 0. The van der Waals surface area contributed by atoms with Gasteiger partial charge in [0, 0.05) is 6.04 Å². The maximum Gasteiger partial charge on any atom is 0.120 e. The monoisotopic (exact) mass is 191 g/mol. The van der Waals surface area contributed by atoms with Gasteiger partial charge >= 0.3 is 0 Å². The van der Waals surface area contributed by atoms with Crippen molar-refractivity contribution in [1.82, 2.24) is 0 Å². The first-order valence-electron chi connectivity index (χ1n) is 4.80. The number of nitrogens with two attached hydrogens (primary N) is 1. The molecule has 0 fully saturated rings. The highest BCUT2D eigenvalue weighted by Crippen LogP contribution is 2.14. The molecule has 0 spiro atoms. The van der Waals surface area contributed by atoms with Crippen LogP contribution in [0, 0.1) is 0 Å². The second-order valence-corrected chi connectivity index (χ2v) is 3.43. The van der Waals surface area contributed by atoms with Gasteiger partial charge in [-0.25, -0.2) is 0 Å². The molecule has 0 bridgehead atoms. The smallest absolute Gasteiger partial charge is 0.120 e. The zero-order chi connectivity index (χ0) is 10.4. The highest BCUT2D eigenvalue weighted by atomic mass is 16.5. The van der Waals surface area contributed by atoms with Gasteiger partial charge in [0.1, 0.15) is 12.4 Å². The second-order valence-electron chi connectivity index (χ2n) is 3.43. The summed E-state index contributed by atoms with van der Waals surface area (Å²) in [5, 5.41) is 0. The normalized spacial score (nSPS) is 12.1. The quantitative estimate of drug-likeness (QED) is 0.724. The first-order chi connectivity index (χ1) is 6.72. The molecule has 2 nitrogen and oxygen atoms in total. The maximum absolute atomic E-state index is 5.72. The van der Waals surface area contributed by atoms with E-state index < -0.39 is 0 Å². The molecular formula is C12H17NO. The Labute approximate surface area is 85.4 Å². The fourth-order valence-corrected chi connectivity index (χ4v) is 1.29. The van der Waals surface area contributed by atoms with Crippen molar-refractivity contribution in [3.8, 4) is 5.75 Å². The molecule has 0 radical (unpaired) electrons. The van der Waals surface area contributed by atoms with E-state index >= 15 is 0 Å². The Kier molecular flexibility index (Phi) is 4.20. The molecule has 0 saturated carbocycles. The Balaban J connectivity index is 2.63. The van der Waals surface area contributed by atoms with Crippen LogP contribution < -0.4 is 10.5 Å². The van der Waals surface area contributed by atoms with E-state index in [1.54, 1.807) is 6.08 Å². The van der Waals surface area contributed by atoms with Crippen LogP contribution in [-0.4, -0.2) is 12.6 Å². The van der Waals surface area contributed by atoms with Crippen molar-refractivity contribution in [3.63, 3.8) is 0 Å². The van der Waals surface area contributed by atoms with Crippen molar-refractivity contribution in [3.05, 3.63) is 42.5 Å². The predicted octanol–water partition coefficient (Wildman–Crippen LogP) is 2.14. The van der Waals surface area contributed by atoms with Crippen molar-refractivity contribution in [1.29, 1.82) is 0 Å². The summed E-state index contributed by atoms with van der Waals surface area (Å²) >= 11 is 0. The molecule has 14 heavy (non-hydrogen) atoms. The molecule has 0 aliphatic carbocycles. The van der Waals surface area contributed by atoms with E-state index in [0.717, 1.165) is 12.2 Å². The second kappa shape index (κ2) is 5.45. The van der Waals surface area contributed by atoms with E-state index in [0.29, 0.717) is 6.61 Å². The number of hydrogen-bond acceptors (Lipinski definition) is 2. The van der Waals surface area contributed by atoms with Crippen LogP contribution in [-0.2, 0) is 6.42 Å². The van der Waals surface area contributed by atoms with Crippen LogP contribution in [0.4, 0.5) is 0 Å². The first-order valence-corrected chi connectivity index (χ1v) is 4.80. The molecule has 0 heterocycles. The molecular weight excluding hydrogens is 174 g/mol. The van der Waals surface area contributed by atoms with Crippen LogP contribution in [0.3, 0.4) is 0 Å². The Bertz CT molecular complexity index is 294. The standard InChI is InChI=1S/C12H17NO/c1-3-7-14-12-6-4-5-11(9-12)8-10(2)13/h3-6,9-10H,1,7-8,13H2,2H3. The van der Waals surface area contributed by atoms with E-state index in [9.17, 15) is 0 Å². The van der Waals surface area contributed by atoms with Crippen LogP contribution in [0.2, 0.25) is 0 Å². The highest BCUT2D eigenvalue weighted by Gasteiger charge is 1.99. The predicted molar refractivity (Wildman–Crippen MR) is 59.5 cm³/mol. The molecule has 2 heteroatoms. The maximum atomic E-state index is 5.72. The van der Waals surface area contributed by atoms with E-state index in [-0.39, 0.29) is 6.04 Å². The van der Waals surface area contributed by atoms with Crippen molar-refractivity contribution in [2.75, 3.05) is 6.61 Å². The van der Waals surface area contributed by atoms with Gasteiger partial charge in [0.2, 0.25) is 0 Å². The number of hydrogen-bond donors (Lipinski definition) is 1. The summed E-state index contributed by atoms with van der Waals surface area (Å²) in [5.74, 6) is 0.878. The zero-order valence-electron chi connectivity index (χ0n) is 8.57. The summed E-state index contributed by atoms with van der Waals surface area (Å²) in [7, 11) is 0. The lowest BCUT2D eigenvalue weighted by Gasteiger charge is -2.07.